The van der Waals surface area contributed by atoms with Crippen LogP contribution in [0, 0.1) is 0 Å². The largest absolute Gasteiger partial charge is 0.503 e. The van der Waals surface area contributed by atoms with E-state index in [4.69, 9.17) is 0 Å². The molecule has 6 nitrogen and oxygen atoms in total. The molecular formula is C20H17BrN2O4. The summed E-state index contributed by atoms with van der Waals surface area (Å²) in [5.74, 6) is -1.75. The summed E-state index contributed by atoms with van der Waals surface area (Å²) in [6.07, 6.45) is 0. The van der Waals surface area contributed by atoms with Crippen LogP contribution in [0.25, 0.3) is 0 Å². The predicted octanol–water partition coefficient (Wildman–Crippen LogP) is 3.90. The number of Topliss-reactive ketones (excluding diaryl/α,β-unsaturated/α-hetero) is 1. The Morgan fingerprint density at radius 2 is 1.63 bits per heavy atom. The van der Waals surface area contributed by atoms with Crippen molar-refractivity contribution in [3.8, 4) is 0 Å². The van der Waals surface area contributed by atoms with Crippen LogP contribution in [0.5, 0.6) is 0 Å². The molecule has 0 spiro atoms. The van der Waals surface area contributed by atoms with Crippen LogP contribution in [-0.4, -0.2) is 22.7 Å². The smallest absolute Gasteiger partial charge is 0.294 e. The number of hydrogen-bond donors (Lipinski definition) is 2. The first-order chi connectivity index (χ1) is 12.8. The van der Waals surface area contributed by atoms with Crippen LogP contribution in [0.3, 0.4) is 0 Å². The Morgan fingerprint density at radius 1 is 1.04 bits per heavy atom. The quantitative estimate of drug-likeness (QED) is 0.772. The van der Waals surface area contributed by atoms with Gasteiger partial charge < -0.3 is 10.4 Å². The number of carbonyl (C=O) groups excluding carboxylic acids is 3. The summed E-state index contributed by atoms with van der Waals surface area (Å²) in [5.41, 5.74) is 1.85. The molecule has 1 aliphatic heterocycles. The van der Waals surface area contributed by atoms with Crippen LogP contribution < -0.4 is 10.2 Å². The molecule has 27 heavy (non-hydrogen) atoms. The molecule has 2 aromatic carbocycles. The maximum atomic E-state index is 12.7. The summed E-state index contributed by atoms with van der Waals surface area (Å²) in [6.45, 7) is 2.73. The van der Waals surface area contributed by atoms with Gasteiger partial charge in [-0.1, -0.05) is 28.1 Å². The number of rotatable bonds is 4. The average Bonchev–Trinajstić information content (AvgIpc) is 2.87. The lowest BCUT2D eigenvalue weighted by Gasteiger charge is -2.27. The normalized spacial score (nSPS) is 16.6. The van der Waals surface area contributed by atoms with Crippen molar-refractivity contribution in [1.82, 2.24) is 0 Å². The molecule has 1 aliphatic rings. The van der Waals surface area contributed by atoms with Gasteiger partial charge >= 0.3 is 0 Å². The minimum Gasteiger partial charge on any atom is -0.503 e. The molecule has 2 N–H and O–H groups in total. The highest BCUT2D eigenvalue weighted by molar-refractivity contribution is 9.10. The lowest BCUT2D eigenvalue weighted by atomic mass is 9.96. The Hall–Kier alpha value is -2.93. The van der Waals surface area contributed by atoms with Gasteiger partial charge in [-0.05, 0) is 48.9 Å². The first kappa shape index (κ1) is 18.8. The second kappa shape index (κ2) is 7.36. The number of hydrogen-bond acceptors (Lipinski definition) is 4. The second-order valence-corrected chi connectivity index (χ2v) is 7.09. The zero-order valence-electron chi connectivity index (χ0n) is 14.7. The number of aliphatic hydroxyl groups is 1. The number of nitrogens with zero attached hydrogens (tertiary/aromatic N) is 1. The van der Waals surface area contributed by atoms with Gasteiger partial charge in [0, 0.05) is 22.8 Å². The molecule has 0 saturated carbocycles. The lowest BCUT2D eigenvalue weighted by molar-refractivity contribution is -0.117. The Bertz CT molecular complexity index is 949. The minimum atomic E-state index is -0.727. The first-order valence-electron chi connectivity index (χ1n) is 8.20. The Labute approximate surface area is 164 Å². The Kier molecular flexibility index (Phi) is 5.14. The van der Waals surface area contributed by atoms with Gasteiger partial charge in [-0.3, -0.25) is 19.3 Å². The topological polar surface area (TPSA) is 86.7 Å². The van der Waals surface area contributed by atoms with Crippen molar-refractivity contribution >= 4 is 44.9 Å². The molecule has 138 valence electrons. The lowest BCUT2D eigenvalue weighted by Crippen LogP contribution is -2.30. The fraction of sp³-hybridized carbons (Fsp3) is 0.150. The maximum Gasteiger partial charge on any atom is 0.294 e. The summed E-state index contributed by atoms with van der Waals surface area (Å²) in [6, 6.07) is 13.1. The van der Waals surface area contributed by atoms with E-state index >= 15 is 0 Å². The van der Waals surface area contributed by atoms with Crippen molar-refractivity contribution in [2.75, 3.05) is 10.2 Å². The fourth-order valence-electron chi connectivity index (χ4n) is 3.10. The van der Waals surface area contributed by atoms with Crippen LogP contribution >= 0.6 is 15.9 Å². The molecule has 0 aliphatic carbocycles. The summed E-state index contributed by atoms with van der Waals surface area (Å²) in [7, 11) is 0. The van der Waals surface area contributed by atoms with Gasteiger partial charge in [0.15, 0.2) is 11.5 Å². The van der Waals surface area contributed by atoms with E-state index in [0.29, 0.717) is 16.9 Å². The molecule has 3 rings (SSSR count). The van der Waals surface area contributed by atoms with Crippen molar-refractivity contribution in [1.29, 1.82) is 0 Å². The third-order valence-electron chi connectivity index (χ3n) is 4.24. The van der Waals surface area contributed by atoms with Gasteiger partial charge in [0.2, 0.25) is 5.91 Å². The molecule has 0 bridgehead atoms. The second-order valence-electron chi connectivity index (χ2n) is 6.18. The summed E-state index contributed by atoms with van der Waals surface area (Å²) < 4.78 is 0.861. The zero-order chi connectivity index (χ0) is 19.7. The van der Waals surface area contributed by atoms with Crippen LogP contribution in [0.4, 0.5) is 11.4 Å². The Balaban J connectivity index is 2.07. The van der Waals surface area contributed by atoms with Crippen molar-refractivity contribution in [3.63, 3.8) is 0 Å². The minimum absolute atomic E-state index is 0.0632. The molecule has 1 heterocycles. The highest BCUT2D eigenvalue weighted by atomic mass is 79.9. The molecule has 0 unspecified atom stereocenters. The number of halogens is 1. The van der Waals surface area contributed by atoms with E-state index in [1.54, 1.807) is 36.4 Å². The van der Waals surface area contributed by atoms with E-state index in [0.717, 1.165) is 4.47 Å². The Morgan fingerprint density at radius 3 is 2.15 bits per heavy atom. The molecule has 0 radical (unpaired) electrons. The summed E-state index contributed by atoms with van der Waals surface area (Å²) >= 11 is 3.37. The van der Waals surface area contributed by atoms with E-state index in [1.807, 2.05) is 12.1 Å². The molecule has 7 heteroatoms. The van der Waals surface area contributed by atoms with E-state index in [9.17, 15) is 19.5 Å². The average molecular weight is 429 g/mol. The van der Waals surface area contributed by atoms with Gasteiger partial charge in [0.1, 0.15) is 0 Å². The fourth-order valence-corrected chi connectivity index (χ4v) is 3.36. The molecule has 0 saturated heterocycles. The van der Waals surface area contributed by atoms with Crippen LogP contribution in [0.1, 0.15) is 25.5 Å². The van der Waals surface area contributed by atoms with Crippen molar-refractivity contribution in [3.05, 3.63) is 69.9 Å². The predicted molar refractivity (Wildman–Crippen MR) is 105 cm³/mol. The molecule has 1 atom stereocenters. The third kappa shape index (κ3) is 3.64. The number of benzene rings is 2. The van der Waals surface area contributed by atoms with Gasteiger partial charge in [0.05, 0.1) is 11.6 Å². The number of anilines is 2. The van der Waals surface area contributed by atoms with E-state index in [2.05, 4.69) is 21.2 Å². The summed E-state index contributed by atoms with van der Waals surface area (Å²) in [5, 5.41) is 13.0. The number of aliphatic hydroxyl groups excluding tert-OH is 1. The van der Waals surface area contributed by atoms with Gasteiger partial charge in [-0.25, -0.2) is 0 Å². The summed E-state index contributed by atoms with van der Waals surface area (Å²) in [4.78, 5) is 37.4. The van der Waals surface area contributed by atoms with Crippen molar-refractivity contribution in [2.45, 2.75) is 19.9 Å². The molecule has 2 aromatic rings. The monoisotopic (exact) mass is 428 g/mol. The molecule has 0 fully saturated rings. The van der Waals surface area contributed by atoms with E-state index in [1.165, 1.54) is 18.7 Å². The number of ketones is 1. The van der Waals surface area contributed by atoms with Crippen LogP contribution in [0.2, 0.25) is 0 Å². The van der Waals surface area contributed by atoms with Gasteiger partial charge in [0.25, 0.3) is 5.91 Å². The molecule has 2 amide bonds. The zero-order valence-corrected chi connectivity index (χ0v) is 16.3. The highest BCUT2D eigenvalue weighted by Gasteiger charge is 2.43. The molecule has 0 aromatic heterocycles. The van der Waals surface area contributed by atoms with Gasteiger partial charge in [-0.2, -0.15) is 0 Å². The van der Waals surface area contributed by atoms with E-state index < -0.39 is 17.7 Å². The maximum absolute atomic E-state index is 12.7. The van der Waals surface area contributed by atoms with Crippen LogP contribution in [0.15, 0.2) is 64.3 Å². The molecular weight excluding hydrogens is 412 g/mol. The highest BCUT2D eigenvalue weighted by Crippen LogP contribution is 2.41. The third-order valence-corrected chi connectivity index (χ3v) is 4.77. The first-order valence-corrected chi connectivity index (χ1v) is 8.99. The van der Waals surface area contributed by atoms with E-state index in [-0.39, 0.29) is 17.3 Å². The van der Waals surface area contributed by atoms with Crippen molar-refractivity contribution in [2.24, 2.45) is 0 Å². The SMILES string of the molecule is CC(=O)Nc1ccc(N2C(=O)C(O)=C(C(C)=O)[C@H]2c2ccc(Br)cc2)cc1. The van der Waals surface area contributed by atoms with Gasteiger partial charge in [-0.15, -0.1) is 0 Å². The number of nitrogens with one attached hydrogen (secondary N) is 1. The number of carbonyl (C=O) groups is 3. The number of amides is 2. The van der Waals surface area contributed by atoms with Crippen LogP contribution in [-0.2, 0) is 14.4 Å². The van der Waals surface area contributed by atoms with Crippen molar-refractivity contribution < 1.29 is 19.5 Å². The standard InChI is InChI=1S/C20H17BrN2O4/c1-11(24)17-18(13-3-5-14(21)6-4-13)23(20(27)19(17)26)16-9-7-15(8-10-16)22-12(2)25/h3-10,18,26H,1-2H3,(H,22,25)/t18-/m1/s1.